The average Bonchev–Trinajstić information content (AvgIpc) is 3.14. The van der Waals surface area contributed by atoms with E-state index >= 15 is 0 Å². The Balaban J connectivity index is 1.62. The molecule has 0 bridgehead atoms. The number of carbonyl (C=O) groups excluding carboxylic acids is 1. The number of para-hydroxylation sites is 1. The zero-order valence-corrected chi connectivity index (χ0v) is 14.8. The minimum Gasteiger partial charge on any atom is -0.508 e. The lowest BCUT2D eigenvalue weighted by Crippen LogP contribution is -2.33. The summed E-state index contributed by atoms with van der Waals surface area (Å²) in [6.07, 6.45) is 2.24. The number of fused-ring (bicyclic) bond motifs is 1. The van der Waals surface area contributed by atoms with Gasteiger partial charge in [-0.05, 0) is 35.7 Å². The lowest BCUT2D eigenvalue weighted by atomic mass is 9.77. The van der Waals surface area contributed by atoms with Crippen LogP contribution in [-0.2, 0) is 4.79 Å². The summed E-state index contributed by atoms with van der Waals surface area (Å²) in [4.78, 5) is 17.4. The van der Waals surface area contributed by atoms with E-state index in [0.29, 0.717) is 23.5 Å². The number of anilines is 1. The number of phenols is 1. The maximum Gasteiger partial charge on any atom is 0.226 e. The smallest absolute Gasteiger partial charge is 0.226 e. The molecule has 0 unspecified atom stereocenters. The molecule has 28 heavy (non-hydrogen) atoms. The van der Waals surface area contributed by atoms with Crippen molar-refractivity contribution < 1.29 is 14.3 Å². The number of aromatic nitrogens is 3. The van der Waals surface area contributed by atoms with Crippen LogP contribution in [-0.4, -0.2) is 25.7 Å². The summed E-state index contributed by atoms with van der Waals surface area (Å²) in [6, 6.07) is 12.8. The summed E-state index contributed by atoms with van der Waals surface area (Å²) in [5.74, 6) is 0.152. The van der Waals surface area contributed by atoms with Crippen molar-refractivity contribution in [3.05, 3.63) is 83.1 Å². The van der Waals surface area contributed by atoms with Crippen molar-refractivity contribution in [1.29, 1.82) is 0 Å². The van der Waals surface area contributed by atoms with Crippen LogP contribution in [0.25, 0.3) is 0 Å². The highest BCUT2D eigenvalue weighted by atomic mass is 19.1. The highest BCUT2D eigenvalue weighted by molar-refractivity contribution is 6.00. The molecule has 2 atom stereocenters. The van der Waals surface area contributed by atoms with E-state index in [1.54, 1.807) is 28.9 Å². The molecular formula is C21H17FN4O2. The second kappa shape index (κ2) is 6.30. The van der Waals surface area contributed by atoms with Gasteiger partial charge in [0, 0.05) is 23.6 Å². The van der Waals surface area contributed by atoms with Gasteiger partial charge in [0.2, 0.25) is 5.95 Å². The summed E-state index contributed by atoms with van der Waals surface area (Å²) in [7, 11) is 0. The first kappa shape index (κ1) is 16.7. The molecule has 0 radical (unpaired) electrons. The molecule has 0 saturated heterocycles. The second-order valence-corrected chi connectivity index (χ2v) is 7.09. The molecule has 2 aliphatic rings. The van der Waals surface area contributed by atoms with Crippen molar-refractivity contribution in [1.82, 2.24) is 14.8 Å². The lowest BCUT2D eigenvalue weighted by molar-refractivity contribution is -0.116. The molecule has 0 spiro atoms. The third kappa shape index (κ3) is 2.58. The Bertz CT molecular complexity index is 1120. The molecular weight excluding hydrogens is 359 g/mol. The Hall–Kier alpha value is -3.48. The molecule has 5 rings (SSSR count). The number of benzene rings is 2. The zero-order chi connectivity index (χ0) is 19.3. The van der Waals surface area contributed by atoms with Crippen molar-refractivity contribution >= 4 is 11.7 Å². The van der Waals surface area contributed by atoms with Crippen molar-refractivity contribution in [2.24, 2.45) is 0 Å². The molecule has 7 heteroatoms. The van der Waals surface area contributed by atoms with Gasteiger partial charge in [0.25, 0.3) is 0 Å². The van der Waals surface area contributed by atoms with E-state index in [1.807, 2.05) is 12.1 Å². The predicted molar refractivity (Wildman–Crippen MR) is 100 cm³/mol. The Morgan fingerprint density at radius 1 is 1.14 bits per heavy atom. The molecule has 0 fully saturated rings. The Morgan fingerprint density at radius 2 is 2.00 bits per heavy atom. The van der Waals surface area contributed by atoms with Gasteiger partial charge in [0.05, 0.1) is 0 Å². The largest absolute Gasteiger partial charge is 0.508 e. The van der Waals surface area contributed by atoms with Gasteiger partial charge >= 0.3 is 0 Å². The number of allylic oxidation sites excluding steroid dienone is 2. The van der Waals surface area contributed by atoms with Gasteiger partial charge in [0.15, 0.2) is 5.78 Å². The van der Waals surface area contributed by atoms with Crippen LogP contribution in [0.3, 0.4) is 0 Å². The van der Waals surface area contributed by atoms with Crippen molar-refractivity contribution in [2.45, 2.75) is 24.8 Å². The van der Waals surface area contributed by atoms with Crippen molar-refractivity contribution in [2.75, 3.05) is 5.32 Å². The summed E-state index contributed by atoms with van der Waals surface area (Å²) in [6.45, 7) is 0. The van der Waals surface area contributed by atoms with Gasteiger partial charge in [-0.3, -0.25) is 4.79 Å². The number of aromatic hydroxyl groups is 1. The number of phenolic OH excluding ortho intramolecular Hbond substituents is 1. The third-order valence-electron chi connectivity index (χ3n) is 5.40. The van der Waals surface area contributed by atoms with Crippen LogP contribution < -0.4 is 5.32 Å². The van der Waals surface area contributed by atoms with Crippen LogP contribution in [0.5, 0.6) is 5.75 Å². The number of carbonyl (C=O) groups is 1. The molecule has 0 amide bonds. The van der Waals surface area contributed by atoms with Gasteiger partial charge in [-0.2, -0.15) is 10.1 Å². The number of nitrogens with one attached hydrogen (secondary N) is 1. The monoisotopic (exact) mass is 376 g/mol. The second-order valence-electron chi connectivity index (χ2n) is 7.09. The van der Waals surface area contributed by atoms with Gasteiger partial charge in [-0.15, -0.1) is 0 Å². The Labute approximate surface area is 160 Å². The standard InChI is InChI=1S/C21H17FN4O2/c22-14-5-3-4-12(8-14)20-19-16(25-21-23-11-24-26(20)21)9-13(10-18(19)28)15-6-1-2-7-17(15)27/h1-8,11,13,20,27H,9-10H2,(H,23,24,25)/t13-,20-/m1/s1. The quantitative estimate of drug-likeness (QED) is 0.715. The van der Waals surface area contributed by atoms with Crippen LogP contribution in [0, 0.1) is 5.82 Å². The van der Waals surface area contributed by atoms with E-state index in [4.69, 9.17) is 0 Å². The molecule has 3 aromatic rings. The SMILES string of the molecule is O=C1C[C@H](c2ccccc2O)CC2=C1[C@@H](c1cccc(F)c1)n1ncnc1N2. The van der Waals surface area contributed by atoms with Crippen LogP contribution >= 0.6 is 0 Å². The maximum absolute atomic E-state index is 13.9. The Kier molecular flexibility index (Phi) is 3.75. The fraction of sp³-hybridized carbons (Fsp3) is 0.190. The van der Waals surface area contributed by atoms with Gasteiger partial charge in [-0.1, -0.05) is 30.3 Å². The molecule has 0 saturated carbocycles. The predicted octanol–water partition coefficient (Wildman–Crippen LogP) is 3.54. The van der Waals surface area contributed by atoms with E-state index in [0.717, 1.165) is 11.3 Å². The Morgan fingerprint density at radius 3 is 2.82 bits per heavy atom. The minimum absolute atomic E-state index is 0.0441. The fourth-order valence-corrected chi connectivity index (χ4v) is 4.19. The third-order valence-corrected chi connectivity index (χ3v) is 5.40. The van der Waals surface area contributed by atoms with Gasteiger partial charge in [-0.25, -0.2) is 9.07 Å². The zero-order valence-electron chi connectivity index (χ0n) is 14.8. The lowest BCUT2D eigenvalue weighted by Gasteiger charge is -2.35. The molecule has 140 valence electrons. The van der Waals surface area contributed by atoms with Crippen LogP contribution in [0.2, 0.25) is 0 Å². The topological polar surface area (TPSA) is 80.0 Å². The first-order chi connectivity index (χ1) is 13.6. The highest BCUT2D eigenvalue weighted by Gasteiger charge is 2.39. The molecule has 2 aromatic carbocycles. The molecule has 6 nitrogen and oxygen atoms in total. The summed E-state index contributed by atoms with van der Waals surface area (Å²) in [5, 5.41) is 17.7. The molecule has 2 heterocycles. The number of Topliss-reactive ketones (excluding diaryl/α,β-unsaturated/α-hetero) is 1. The number of hydrogen-bond acceptors (Lipinski definition) is 5. The number of nitrogens with zero attached hydrogens (tertiary/aromatic N) is 3. The van der Waals surface area contributed by atoms with Gasteiger partial charge < -0.3 is 10.4 Å². The average molecular weight is 376 g/mol. The highest BCUT2D eigenvalue weighted by Crippen LogP contribution is 2.45. The van der Waals surface area contributed by atoms with E-state index < -0.39 is 6.04 Å². The summed E-state index contributed by atoms with van der Waals surface area (Å²) in [5.41, 5.74) is 2.73. The minimum atomic E-state index is -0.526. The van der Waals surface area contributed by atoms with E-state index in [2.05, 4.69) is 15.4 Å². The number of hydrogen-bond donors (Lipinski definition) is 2. The first-order valence-corrected chi connectivity index (χ1v) is 9.08. The van der Waals surface area contributed by atoms with E-state index in [9.17, 15) is 14.3 Å². The van der Waals surface area contributed by atoms with Crippen LogP contribution in [0.4, 0.5) is 10.3 Å². The summed E-state index contributed by atoms with van der Waals surface area (Å²) >= 11 is 0. The maximum atomic E-state index is 13.9. The van der Waals surface area contributed by atoms with Gasteiger partial charge in [0.1, 0.15) is 23.9 Å². The number of rotatable bonds is 2. The number of halogens is 1. The molecule has 2 N–H and O–H groups in total. The first-order valence-electron chi connectivity index (χ1n) is 9.08. The van der Waals surface area contributed by atoms with Crippen LogP contribution in [0.1, 0.15) is 35.9 Å². The molecule has 1 aliphatic heterocycles. The summed E-state index contributed by atoms with van der Waals surface area (Å²) < 4.78 is 15.5. The number of ketones is 1. The fourth-order valence-electron chi connectivity index (χ4n) is 4.19. The van der Waals surface area contributed by atoms with Crippen molar-refractivity contribution in [3.8, 4) is 5.75 Å². The van der Waals surface area contributed by atoms with E-state index in [-0.39, 0.29) is 29.7 Å². The van der Waals surface area contributed by atoms with Crippen LogP contribution in [0.15, 0.2) is 66.1 Å². The normalized spacial score (nSPS) is 21.1. The molecule has 1 aromatic heterocycles. The van der Waals surface area contributed by atoms with E-state index in [1.165, 1.54) is 18.5 Å². The molecule has 1 aliphatic carbocycles. The van der Waals surface area contributed by atoms with Crippen molar-refractivity contribution in [3.63, 3.8) is 0 Å².